The average molecular weight is 260 g/mol. The first-order valence-electron chi connectivity index (χ1n) is 6.27. The van der Waals surface area contributed by atoms with Crippen LogP contribution in [0.5, 0.6) is 0 Å². The van der Waals surface area contributed by atoms with E-state index in [-0.39, 0.29) is 23.2 Å². The second-order valence-corrected chi connectivity index (χ2v) is 7.05. The molecule has 0 heterocycles. The molecule has 2 fully saturated rings. The molecule has 2 rings (SSSR count). The zero-order chi connectivity index (χ0) is 12.5. The highest BCUT2D eigenvalue weighted by Crippen LogP contribution is 2.29. The highest BCUT2D eigenvalue weighted by atomic mass is 32.2. The summed E-state index contributed by atoms with van der Waals surface area (Å²) in [7, 11) is -3.16. The lowest BCUT2D eigenvalue weighted by Crippen LogP contribution is -2.53. The van der Waals surface area contributed by atoms with Crippen LogP contribution in [0.1, 0.15) is 45.4 Å². The van der Waals surface area contributed by atoms with Crippen molar-refractivity contribution in [2.75, 3.05) is 0 Å². The van der Waals surface area contributed by atoms with Gasteiger partial charge in [-0.15, -0.1) is 0 Å². The smallest absolute Gasteiger partial charge is 0.217 e. The van der Waals surface area contributed by atoms with Crippen LogP contribution < -0.4 is 10.0 Å². The Morgan fingerprint density at radius 1 is 1.06 bits per heavy atom. The molecule has 0 saturated heterocycles. The van der Waals surface area contributed by atoms with E-state index in [9.17, 15) is 13.2 Å². The minimum absolute atomic E-state index is 0.0465. The number of hydrogen-bond acceptors (Lipinski definition) is 3. The number of carbonyl (C=O) groups is 1. The summed E-state index contributed by atoms with van der Waals surface area (Å²) >= 11 is 0. The Morgan fingerprint density at radius 2 is 1.65 bits per heavy atom. The number of rotatable bonds is 4. The predicted octanol–water partition coefficient (Wildman–Crippen LogP) is 0.516. The van der Waals surface area contributed by atoms with Gasteiger partial charge in [0.2, 0.25) is 15.9 Å². The minimum atomic E-state index is -3.16. The Kier molecular flexibility index (Phi) is 3.73. The molecule has 0 aromatic carbocycles. The van der Waals surface area contributed by atoms with Gasteiger partial charge in [-0.05, 0) is 25.7 Å². The molecule has 0 aromatic heterocycles. The van der Waals surface area contributed by atoms with Crippen molar-refractivity contribution in [3.8, 4) is 0 Å². The van der Waals surface area contributed by atoms with Gasteiger partial charge in [-0.25, -0.2) is 13.1 Å². The highest BCUT2D eigenvalue weighted by Gasteiger charge is 2.39. The van der Waals surface area contributed by atoms with Gasteiger partial charge in [-0.1, -0.05) is 12.8 Å². The van der Waals surface area contributed by atoms with Gasteiger partial charge >= 0.3 is 0 Å². The van der Waals surface area contributed by atoms with E-state index < -0.39 is 10.0 Å². The standard InChI is InChI=1S/C11H20N2O3S/c1-8(14)12-10-4-2-3-5-11(10)13-17(15,16)9-6-7-9/h9-11,13H,2-7H2,1H3,(H,12,14)/t10-,11-/m1/s1. The van der Waals surface area contributed by atoms with Crippen molar-refractivity contribution in [1.82, 2.24) is 10.0 Å². The fourth-order valence-electron chi connectivity index (χ4n) is 2.39. The summed E-state index contributed by atoms with van der Waals surface area (Å²) < 4.78 is 26.5. The molecule has 2 aliphatic rings. The Bertz CT molecular complexity index is 390. The predicted molar refractivity (Wildman–Crippen MR) is 64.9 cm³/mol. The first-order valence-corrected chi connectivity index (χ1v) is 7.82. The van der Waals surface area contributed by atoms with E-state index in [2.05, 4.69) is 10.0 Å². The SMILES string of the molecule is CC(=O)N[C@@H]1CCCC[C@H]1NS(=O)(=O)C1CC1. The van der Waals surface area contributed by atoms with Crippen molar-refractivity contribution >= 4 is 15.9 Å². The summed E-state index contributed by atoms with van der Waals surface area (Å²) in [5, 5.41) is 2.66. The van der Waals surface area contributed by atoms with Gasteiger partial charge in [0, 0.05) is 19.0 Å². The molecular weight excluding hydrogens is 240 g/mol. The molecule has 2 N–H and O–H groups in total. The lowest BCUT2D eigenvalue weighted by molar-refractivity contribution is -0.120. The first-order chi connectivity index (χ1) is 7.99. The Labute approximate surface area is 102 Å². The Morgan fingerprint density at radius 3 is 2.18 bits per heavy atom. The molecule has 0 spiro atoms. The molecular formula is C11H20N2O3S. The van der Waals surface area contributed by atoms with Crippen LogP contribution in [0.15, 0.2) is 0 Å². The van der Waals surface area contributed by atoms with Gasteiger partial charge in [0.25, 0.3) is 0 Å². The fourth-order valence-corrected chi connectivity index (χ4v) is 4.04. The maximum atomic E-state index is 11.9. The summed E-state index contributed by atoms with van der Waals surface area (Å²) in [4.78, 5) is 11.1. The molecule has 2 saturated carbocycles. The van der Waals surface area contributed by atoms with E-state index in [4.69, 9.17) is 0 Å². The maximum Gasteiger partial charge on any atom is 0.217 e. The Balaban J connectivity index is 1.98. The van der Waals surface area contributed by atoms with Crippen LogP contribution in [0, 0.1) is 0 Å². The van der Waals surface area contributed by atoms with Crippen molar-refractivity contribution in [3.05, 3.63) is 0 Å². The van der Waals surface area contributed by atoms with Crippen molar-refractivity contribution in [1.29, 1.82) is 0 Å². The number of hydrogen-bond donors (Lipinski definition) is 2. The Hall–Kier alpha value is -0.620. The highest BCUT2D eigenvalue weighted by molar-refractivity contribution is 7.90. The quantitative estimate of drug-likeness (QED) is 0.773. The zero-order valence-electron chi connectivity index (χ0n) is 10.1. The van der Waals surface area contributed by atoms with Crippen LogP contribution in [0.3, 0.4) is 0 Å². The van der Waals surface area contributed by atoms with Crippen LogP contribution in [0.25, 0.3) is 0 Å². The average Bonchev–Trinajstić information content (AvgIpc) is 3.03. The number of carbonyl (C=O) groups excluding carboxylic acids is 1. The second-order valence-electron chi connectivity index (χ2n) is 5.06. The van der Waals surface area contributed by atoms with Crippen LogP contribution in [-0.4, -0.2) is 31.7 Å². The summed E-state index contributed by atoms with van der Waals surface area (Å²) in [6.07, 6.45) is 5.29. The van der Waals surface area contributed by atoms with Gasteiger partial charge in [0.05, 0.1) is 5.25 Å². The van der Waals surface area contributed by atoms with Crippen molar-refractivity contribution < 1.29 is 13.2 Å². The van der Waals surface area contributed by atoms with Crippen LogP contribution >= 0.6 is 0 Å². The molecule has 17 heavy (non-hydrogen) atoms. The second kappa shape index (κ2) is 4.94. The molecule has 0 aliphatic heterocycles. The van der Waals surface area contributed by atoms with E-state index in [0.717, 1.165) is 38.5 Å². The summed E-state index contributed by atoms with van der Waals surface area (Å²) in [5.74, 6) is -0.0903. The molecule has 2 aliphatic carbocycles. The van der Waals surface area contributed by atoms with E-state index in [0.29, 0.717) is 0 Å². The minimum Gasteiger partial charge on any atom is -0.352 e. The van der Waals surface area contributed by atoms with Crippen molar-refractivity contribution in [2.45, 2.75) is 62.8 Å². The lowest BCUT2D eigenvalue weighted by atomic mass is 9.91. The summed E-state index contributed by atoms with van der Waals surface area (Å²) in [5.41, 5.74) is 0. The lowest BCUT2D eigenvalue weighted by Gasteiger charge is -2.32. The van der Waals surface area contributed by atoms with Crippen LogP contribution in [0.4, 0.5) is 0 Å². The molecule has 0 unspecified atom stereocenters. The van der Waals surface area contributed by atoms with Crippen molar-refractivity contribution in [2.24, 2.45) is 0 Å². The summed E-state index contributed by atoms with van der Waals surface area (Å²) in [6, 6.07) is -0.173. The topological polar surface area (TPSA) is 75.3 Å². The number of nitrogens with one attached hydrogen (secondary N) is 2. The van der Waals surface area contributed by atoms with Gasteiger partial charge in [-0.3, -0.25) is 4.79 Å². The molecule has 5 nitrogen and oxygen atoms in total. The van der Waals surface area contributed by atoms with E-state index >= 15 is 0 Å². The first kappa shape index (κ1) is 12.8. The normalized spacial score (nSPS) is 29.9. The maximum absolute atomic E-state index is 11.9. The number of amides is 1. The fraction of sp³-hybridized carbons (Fsp3) is 0.909. The van der Waals surface area contributed by atoms with E-state index in [1.807, 2.05) is 0 Å². The monoisotopic (exact) mass is 260 g/mol. The van der Waals surface area contributed by atoms with Gasteiger partial charge in [0.1, 0.15) is 0 Å². The summed E-state index contributed by atoms with van der Waals surface area (Å²) in [6.45, 7) is 1.47. The van der Waals surface area contributed by atoms with Crippen molar-refractivity contribution in [3.63, 3.8) is 0 Å². The van der Waals surface area contributed by atoms with Gasteiger partial charge in [0.15, 0.2) is 0 Å². The van der Waals surface area contributed by atoms with Gasteiger partial charge < -0.3 is 5.32 Å². The molecule has 0 bridgehead atoms. The third-order valence-electron chi connectivity index (χ3n) is 3.43. The van der Waals surface area contributed by atoms with E-state index in [1.165, 1.54) is 6.92 Å². The molecule has 1 amide bonds. The largest absolute Gasteiger partial charge is 0.352 e. The van der Waals surface area contributed by atoms with Crippen LogP contribution in [0.2, 0.25) is 0 Å². The third-order valence-corrected chi connectivity index (χ3v) is 5.41. The molecule has 2 atom stereocenters. The zero-order valence-corrected chi connectivity index (χ0v) is 10.9. The molecule has 98 valence electrons. The third kappa shape index (κ3) is 3.42. The van der Waals surface area contributed by atoms with Gasteiger partial charge in [-0.2, -0.15) is 0 Å². The molecule has 6 heteroatoms. The molecule has 0 radical (unpaired) electrons. The van der Waals surface area contributed by atoms with Crippen LogP contribution in [-0.2, 0) is 14.8 Å². The number of sulfonamides is 1. The van der Waals surface area contributed by atoms with E-state index in [1.54, 1.807) is 0 Å². The molecule has 0 aromatic rings.